The Kier molecular flexibility index (Phi) is 7.00. The van der Waals surface area contributed by atoms with Gasteiger partial charge in [-0.15, -0.1) is 0 Å². The third kappa shape index (κ3) is 5.77. The monoisotopic (exact) mass is 396 g/mol. The van der Waals surface area contributed by atoms with Crippen molar-refractivity contribution in [2.24, 2.45) is 0 Å². The summed E-state index contributed by atoms with van der Waals surface area (Å²) in [4.78, 5) is 23.9. The lowest BCUT2D eigenvalue weighted by Crippen LogP contribution is -2.34. The Balaban J connectivity index is 2.00. The fraction of sp³-hybridized carbons (Fsp3) is 0.579. The first-order valence-corrected chi connectivity index (χ1v) is 9.64. The van der Waals surface area contributed by atoms with Crippen LogP contribution in [0.2, 0.25) is 0 Å². The van der Waals surface area contributed by atoms with Crippen LogP contribution in [0.15, 0.2) is 18.2 Å². The second kappa shape index (κ2) is 8.84. The van der Waals surface area contributed by atoms with Crippen molar-refractivity contribution in [2.45, 2.75) is 52.2 Å². The van der Waals surface area contributed by atoms with E-state index in [0.717, 1.165) is 12.0 Å². The predicted octanol–water partition coefficient (Wildman–Crippen LogP) is 3.67. The molecule has 0 bridgehead atoms. The second-order valence-corrected chi connectivity index (χ2v) is 8.47. The number of carbonyl (C=O) groups is 2. The number of ether oxygens (including phenoxy) is 3. The lowest BCUT2D eigenvalue weighted by atomic mass is 10.0. The van der Waals surface area contributed by atoms with Gasteiger partial charge in [-0.05, 0) is 33.8 Å². The van der Waals surface area contributed by atoms with Crippen molar-refractivity contribution in [1.82, 2.24) is 8.61 Å². The fourth-order valence-electron chi connectivity index (χ4n) is 2.71. The van der Waals surface area contributed by atoms with Gasteiger partial charge in [-0.25, -0.2) is 13.4 Å². The molecule has 0 aliphatic carbocycles. The summed E-state index contributed by atoms with van der Waals surface area (Å²) in [5.74, 6) is 0.757. The molecule has 27 heavy (non-hydrogen) atoms. The highest BCUT2D eigenvalue weighted by Gasteiger charge is 2.33. The fourth-order valence-corrected chi connectivity index (χ4v) is 3.49. The third-order valence-corrected chi connectivity index (χ3v) is 5.28. The van der Waals surface area contributed by atoms with Crippen LogP contribution in [0.1, 0.15) is 39.7 Å². The third-order valence-electron chi connectivity index (χ3n) is 4.08. The molecule has 1 amide bonds. The first-order chi connectivity index (χ1) is 12.6. The predicted molar refractivity (Wildman–Crippen MR) is 105 cm³/mol. The molecular formula is C19H28N2O5S. The summed E-state index contributed by atoms with van der Waals surface area (Å²) in [6.07, 6.45) is 0.512. The van der Waals surface area contributed by atoms with E-state index in [2.05, 4.69) is 4.74 Å². The van der Waals surface area contributed by atoms with Gasteiger partial charge in [-0.3, -0.25) is 4.79 Å². The van der Waals surface area contributed by atoms with Crippen LogP contribution in [-0.2, 0) is 16.0 Å². The number of nitrogens with zero attached hydrogens (tertiary/aromatic N) is 2. The molecule has 7 nitrogen and oxygen atoms in total. The standard InChI is InChI=1S/C19H28N2O5S/c1-13(2)21(11-10-16(22)24-6)27-20(5)18(23)25-15-9-7-8-14-12-19(3,4)26-17(14)15/h7-9,13H,10-12H2,1-6H3. The number of hydrogen-bond acceptors (Lipinski definition) is 7. The summed E-state index contributed by atoms with van der Waals surface area (Å²) in [6, 6.07) is 5.69. The molecule has 0 atom stereocenters. The van der Waals surface area contributed by atoms with Crippen molar-refractivity contribution < 1.29 is 23.8 Å². The van der Waals surface area contributed by atoms with E-state index in [1.807, 2.05) is 44.1 Å². The van der Waals surface area contributed by atoms with Gasteiger partial charge in [-0.1, -0.05) is 12.1 Å². The number of fused-ring (bicyclic) bond motifs is 1. The topological polar surface area (TPSA) is 68.3 Å². The van der Waals surface area contributed by atoms with Crippen molar-refractivity contribution in [2.75, 3.05) is 20.7 Å². The van der Waals surface area contributed by atoms with E-state index in [9.17, 15) is 9.59 Å². The van der Waals surface area contributed by atoms with Gasteiger partial charge in [0, 0.05) is 43.8 Å². The molecule has 1 aromatic carbocycles. The first kappa shape index (κ1) is 21.4. The minimum absolute atomic E-state index is 0.125. The Morgan fingerprint density at radius 1 is 1.33 bits per heavy atom. The van der Waals surface area contributed by atoms with Crippen LogP contribution in [0.5, 0.6) is 11.5 Å². The molecular weight excluding hydrogens is 368 g/mol. The van der Waals surface area contributed by atoms with Gasteiger partial charge < -0.3 is 14.2 Å². The van der Waals surface area contributed by atoms with Crippen LogP contribution in [0, 0.1) is 0 Å². The summed E-state index contributed by atoms with van der Waals surface area (Å²) in [7, 11) is 2.99. The molecule has 0 spiro atoms. The molecule has 0 fully saturated rings. The van der Waals surface area contributed by atoms with E-state index < -0.39 is 6.09 Å². The van der Waals surface area contributed by atoms with E-state index in [0.29, 0.717) is 18.0 Å². The molecule has 2 rings (SSSR count). The van der Waals surface area contributed by atoms with Crippen molar-refractivity contribution in [3.05, 3.63) is 23.8 Å². The smallest absolute Gasteiger partial charge is 0.426 e. The minimum atomic E-state index is -0.509. The Hall–Kier alpha value is -1.93. The molecule has 1 aromatic rings. The molecule has 150 valence electrons. The number of rotatable bonds is 7. The summed E-state index contributed by atoms with van der Waals surface area (Å²) >= 11 is 1.21. The van der Waals surface area contributed by atoms with Gasteiger partial charge in [0.15, 0.2) is 11.5 Å². The zero-order valence-electron chi connectivity index (χ0n) is 16.8. The highest BCUT2D eigenvalue weighted by molar-refractivity contribution is 7.95. The Morgan fingerprint density at radius 2 is 2.04 bits per heavy atom. The molecule has 1 heterocycles. The van der Waals surface area contributed by atoms with Crippen LogP contribution in [0.4, 0.5) is 4.79 Å². The number of methoxy groups -OCH3 is 1. The van der Waals surface area contributed by atoms with E-state index >= 15 is 0 Å². The normalized spacial score (nSPS) is 14.7. The SMILES string of the molecule is COC(=O)CCN(SN(C)C(=O)Oc1cccc2c1OC(C)(C)C2)C(C)C. The zero-order valence-corrected chi connectivity index (χ0v) is 17.6. The highest BCUT2D eigenvalue weighted by Crippen LogP contribution is 2.42. The molecule has 0 radical (unpaired) electrons. The molecule has 0 unspecified atom stereocenters. The average Bonchev–Trinajstić information content (AvgIpc) is 2.92. The van der Waals surface area contributed by atoms with Gasteiger partial charge in [0.1, 0.15) is 5.60 Å². The quantitative estimate of drug-likeness (QED) is 0.514. The number of benzene rings is 1. The largest absolute Gasteiger partial charge is 0.483 e. The maximum atomic E-state index is 12.5. The molecule has 0 saturated heterocycles. The summed E-state index contributed by atoms with van der Waals surface area (Å²) in [5.41, 5.74) is 0.718. The van der Waals surface area contributed by atoms with E-state index in [4.69, 9.17) is 9.47 Å². The highest BCUT2D eigenvalue weighted by atomic mass is 32.2. The van der Waals surface area contributed by atoms with Crippen molar-refractivity contribution in [3.63, 3.8) is 0 Å². The molecule has 8 heteroatoms. The van der Waals surface area contributed by atoms with E-state index in [1.165, 1.54) is 23.5 Å². The van der Waals surface area contributed by atoms with Crippen molar-refractivity contribution >= 4 is 24.2 Å². The Bertz CT molecular complexity index is 693. The molecule has 0 aromatic heterocycles. The number of carbonyl (C=O) groups excluding carboxylic acids is 2. The molecule has 1 aliphatic heterocycles. The van der Waals surface area contributed by atoms with Crippen LogP contribution >= 0.6 is 12.1 Å². The molecule has 0 N–H and O–H groups in total. The zero-order chi connectivity index (χ0) is 20.2. The summed E-state index contributed by atoms with van der Waals surface area (Å²) in [6.45, 7) is 8.45. The van der Waals surface area contributed by atoms with Gasteiger partial charge in [-0.2, -0.15) is 0 Å². The van der Waals surface area contributed by atoms with Gasteiger partial charge in [0.25, 0.3) is 0 Å². The number of esters is 1. The van der Waals surface area contributed by atoms with Crippen LogP contribution in [0.25, 0.3) is 0 Å². The molecule has 1 aliphatic rings. The average molecular weight is 397 g/mol. The van der Waals surface area contributed by atoms with Gasteiger partial charge in [0.2, 0.25) is 0 Å². The van der Waals surface area contributed by atoms with E-state index in [-0.39, 0.29) is 24.0 Å². The summed E-state index contributed by atoms with van der Waals surface area (Å²) < 4.78 is 19.5. The summed E-state index contributed by atoms with van der Waals surface area (Å²) in [5, 5.41) is 0. The Labute approximate surface area is 165 Å². The number of para-hydroxylation sites is 1. The molecule has 0 saturated carbocycles. The first-order valence-electron chi connectivity index (χ1n) is 8.91. The Morgan fingerprint density at radius 3 is 2.67 bits per heavy atom. The lowest BCUT2D eigenvalue weighted by molar-refractivity contribution is -0.140. The lowest BCUT2D eigenvalue weighted by Gasteiger charge is -2.28. The maximum absolute atomic E-state index is 12.5. The van der Waals surface area contributed by atoms with Gasteiger partial charge in [0.05, 0.1) is 13.5 Å². The van der Waals surface area contributed by atoms with Crippen LogP contribution in [-0.4, -0.2) is 53.0 Å². The van der Waals surface area contributed by atoms with Crippen LogP contribution < -0.4 is 9.47 Å². The number of amides is 1. The van der Waals surface area contributed by atoms with Crippen LogP contribution in [0.3, 0.4) is 0 Å². The van der Waals surface area contributed by atoms with Crippen molar-refractivity contribution in [1.29, 1.82) is 0 Å². The van der Waals surface area contributed by atoms with E-state index in [1.54, 1.807) is 13.1 Å². The second-order valence-electron chi connectivity index (χ2n) is 7.29. The van der Waals surface area contributed by atoms with Gasteiger partial charge >= 0.3 is 12.1 Å². The number of hydrogen-bond donors (Lipinski definition) is 0. The maximum Gasteiger partial charge on any atom is 0.426 e. The van der Waals surface area contributed by atoms with Crippen molar-refractivity contribution in [3.8, 4) is 11.5 Å². The minimum Gasteiger partial charge on any atom is -0.483 e.